The molecule has 1 N–H and O–H groups in total. The Bertz CT molecular complexity index is 1740. The fourth-order valence-corrected chi connectivity index (χ4v) is 5.89. The van der Waals surface area contributed by atoms with E-state index in [1.54, 1.807) is 0 Å². The molecule has 5 aromatic rings. The van der Waals surface area contributed by atoms with E-state index in [0.29, 0.717) is 0 Å². The van der Waals surface area contributed by atoms with Gasteiger partial charge in [0.15, 0.2) is 0 Å². The van der Waals surface area contributed by atoms with Gasteiger partial charge in [-0.2, -0.15) is 0 Å². The van der Waals surface area contributed by atoms with Gasteiger partial charge >= 0.3 is 7.12 Å². The number of H-pyrrole nitrogens is 1. The van der Waals surface area contributed by atoms with Crippen LogP contribution in [0.2, 0.25) is 0 Å². The maximum Gasteiger partial charge on any atom is 0.497 e. The molecule has 2 heterocycles. The van der Waals surface area contributed by atoms with Crippen LogP contribution in [-0.2, 0) is 20.1 Å². The Hall–Kier alpha value is -3.54. The van der Waals surface area contributed by atoms with Crippen molar-refractivity contribution in [2.24, 2.45) is 0 Å². The highest BCUT2D eigenvalue weighted by Gasteiger charge is 2.52. The number of anilines is 3. The maximum absolute atomic E-state index is 6.66. The number of aromatic amines is 1. The molecule has 0 atom stereocenters. The van der Waals surface area contributed by atoms with Crippen molar-refractivity contribution in [2.75, 3.05) is 4.90 Å². The number of fused-ring (bicyclic) bond motifs is 3. The van der Waals surface area contributed by atoms with E-state index >= 15 is 0 Å². The quantitative estimate of drug-likeness (QED) is 0.218. The first-order valence-electron chi connectivity index (χ1n) is 15.5. The predicted octanol–water partition coefficient (Wildman–Crippen LogP) is 9.69. The van der Waals surface area contributed by atoms with E-state index in [-0.39, 0.29) is 10.8 Å². The summed E-state index contributed by atoms with van der Waals surface area (Å²) in [6.45, 7) is 22.2. The number of hydrogen-bond acceptors (Lipinski definition) is 3. The van der Waals surface area contributed by atoms with Gasteiger partial charge in [-0.3, -0.25) is 0 Å². The van der Waals surface area contributed by atoms with E-state index in [2.05, 4.69) is 164 Å². The van der Waals surface area contributed by atoms with Gasteiger partial charge in [0, 0.05) is 33.1 Å². The zero-order chi connectivity index (χ0) is 30.9. The van der Waals surface area contributed by atoms with E-state index in [0.717, 1.165) is 33.6 Å². The van der Waals surface area contributed by atoms with E-state index in [1.807, 2.05) is 0 Å². The van der Waals surface area contributed by atoms with Crippen LogP contribution in [0, 0.1) is 0 Å². The zero-order valence-electron chi connectivity index (χ0n) is 27.4. The molecule has 43 heavy (non-hydrogen) atoms. The summed E-state index contributed by atoms with van der Waals surface area (Å²) in [6, 6.07) is 30.7. The molecule has 222 valence electrons. The van der Waals surface area contributed by atoms with Crippen molar-refractivity contribution in [2.45, 2.75) is 91.3 Å². The van der Waals surface area contributed by atoms with E-state index in [1.165, 1.54) is 21.9 Å². The fourth-order valence-electron chi connectivity index (χ4n) is 5.89. The van der Waals surface area contributed by atoms with Crippen molar-refractivity contribution in [3.05, 3.63) is 96.1 Å². The second-order valence-electron chi connectivity index (χ2n) is 15.1. The van der Waals surface area contributed by atoms with Crippen molar-refractivity contribution in [3.8, 4) is 0 Å². The molecule has 0 unspecified atom stereocenters. The first-order chi connectivity index (χ1) is 20.1. The summed E-state index contributed by atoms with van der Waals surface area (Å²) in [5.41, 5.74) is 8.12. The molecule has 0 amide bonds. The Kier molecular flexibility index (Phi) is 6.87. The van der Waals surface area contributed by atoms with Gasteiger partial charge in [-0.1, -0.05) is 84.0 Å². The Morgan fingerprint density at radius 3 is 1.51 bits per heavy atom. The molecular formula is C38H45BN2O2. The van der Waals surface area contributed by atoms with Gasteiger partial charge in [-0.25, -0.2) is 0 Å². The van der Waals surface area contributed by atoms with Crippen molar-refractivity contribution in [3.63, 3.8) is 0 Å². The highest BCUT2D eigenvalue weighted by Crippen LogP contribution is 2.44. The van der Waals surface area contributed by atoms with Gasteiger partial charge in [0.25, 0.3) is 0 Å². The van der Waals surface area contributed by atoms with Crippen molar-refractivity contribution < 1.29 is 9.31 Å². The van der Waals surface area contributed by atoms with Crippen LogP contribution in [0.5, 0.6) is 0 Å². The van der Waals surface area contributed by atoms with Gasteiger partial charge in [-0.05, 0) is 92.1 Å². The molecule has 6 rings (SSSR count). The van der Waals surface area contributed by atoms with E-state index in [9.17, 15) is 0 Å². The molecule has 0 bridgehead atoms. The third kappa shape index (κ3) is 5.17. The van der Waals surface area contributed by atoms with Crippen LogP contribution in [0.1, 0.15) is 80.4 Å². The molecule has 1 fully saturated rings. The third-order valence-corrected chi connectivity index (χ3v) is 9.34. The Labute approximate surface area is 257 Å². The summed E-state index contributed by atoms with van der Waals surface area (Å²) in [6.07, 6.45) is 0. The summed E-state index contributed by atoms with van der Waals surface area (Å²) in [4.78, 5) is 6.29. The molecule has 4 aromatic carbocycles. The van der Waals surface area contributed by atoms with Gasteiger partial charge < -0.3 is 19.2 Å². The van der Waals surface area contributed by atoms with Crippen LogP contribution in [0.15, 0.2) is 84.9 Å². The first kappa shape index (κ1) is 29.5. The van der Waals surface area contributed by atoms with Gasteiger partial charge in [0.05, 0.1) is 22.4 Å². The smallest absolute Gasteiger partial charge is 0.399 e. The first-order valence-corrected chi connectivity index (χ1v) is 15.5. The molecule has 0 aliphatic carbocycles. The van der Waals surface area contributed by atoms with Crippen molar-refractivity contribution in [1.82, 2.24) is 4.98 Å². The minimum atomic E-state index is -0.479. The summed E-state index contributed by atoms with van der Waals surface area (Å²) >= 11 is 0. The molecule has 1 saturated heterocycles. The van der Waals surface area contributed by atoms with Crippen LogP contribution in [0.4, 0.5) is 17.1 Å². The molecular weight excluding hydrogens is 527 g/mol. The second-order valence-corrected chi connectivity index (χ2v) is 15.1. The Balaban J connectivity index is 1.72. The minimum Gasteiger partial charge on any atom is -0.399 e. The lowest BCUT2D eigenvalue weighted by molar-refractivity contribution is 0.00578. The lowest BCUT2D eigenvalue weighted by Crippen LogP contribution is -2.41. The monoisotopic (exact) mass is 572 g/mol. The molecule has 4 nitrogen and oxygen atoms in total. The van der Waals surface area contributed by atoms with Crippen LogP contribution < -0.4 is 10.4 Å². The number of nitrogens with one attached hydrogen (secondary N) is 1. The molecule has 0 spiro atoms. The lowest BCUT2D eigenvalue weighted by Gasteiger charge is -2.32. The number of para-hydroxylation sites is 2. The normalized spacial score (nSPS) is 16.7. The van der Waals surface area contributed by atoms with Gasteiger partial charge in [0.1, 0.15) is 0 Å². The van der Waals surface area contributed by atoms with E-state index < -0.39 is 18.3 Å². The summed E-state index contributed by atoms with van der Waals surface area (Å²) in [5.74, 6) is 0. The summed E-state index contributed by atoms with van der Waals surface area (Å²) in [7, 11) is -0.479. The SMILES string of the molecule is CC(C)(C)c1cc(B2OC(C)(C)C(C)(C)O2)c2[nH]c3c(N(c4ccccc4)c4ccccc4)cc(C(C)(C)C)cc3c2c1. The number of nitrogens with zero attached hydrogens (tertiary/aromatic N) is 1. The highest BCUT2D eigenvalue weighted by molar-refractivity contribution is 6.65. The number of aromatic nitrogens is 1. The zero-order valence-corrected chi connectivity index (χ0v) is 27.4. The average Bonchev–Trinajstić information content (AvgIpc) is 3.41. The Morgan fingerprint density at radius 1 is 0.605 bits per heavy atom. The third-order valence-electron chi connectivity index (χ3n) is 9.34. The van der Waals surface area contributed by atoms with Crippen molar-refractivity contribution >= 4 is 51.4 Å². The molecule has 1 aliphatic heterocycles. The lowest BCUT2D eigenvalue weighted by atomic mass is 9.74. The van der Waals surface area contributed by atoms with Gasteiger partial charge in [-0.15, -0.1) is 0 Å². The number of rotatable bonds is 4. The largest absolute Gasteiger partial charge is 0.497 e. The topological polar surface area (TPSA) is 37.5 Å². The molecule has 1 aliphatic rings. The van der Waals surface area contributed by atoms with Crippen LogP contribution in [-0.4, -0.2) is 23.3 Å². The standard InChI is InChI=1S/C38H45BN2O2/c1-35(2,3)25-21-29-30-22-26(36(4,5)6)24-32(41(27-17-13-11-14-18-27)28-19-15-12-16-20-28)34(30)40-33(29)31(23-25)39-42-37(7,8)38(9,10)43-39/h11-24,40H,1-10H3. The molecule has 0 radical (unpaired) electrons. The number of benzene rings is 4. The van der Waals surface area contributed by atoms with Gasteiger partial charge in [0.2, 0.25) is 0 Å². The molecule has 0 saturated carbocycles. The van der Waals surface area contributed by atoms with Crippen LogP contribution >= 0.6 is 0 Å². The molecule has 5 heteroatoms. The minimum absolute atomic E-state index is 0.0538. The van der Waals surface area contributed by atoms with Crippen molar-refractivity contribution in [1.29, 1.82) is 0 Å². The highest BCUT2D eigenvalue weighted by atomic mass is 16.7. The summed E-state index contributed by atoms with van der Waals surface area (Å²) < 4.78 is 13.3. The maximum atomic E-state index is 6.66. The fraction of sp³-hybridized carbons (Fsp3) is 0.368. The molecule has 1 aromatic heterocycles. The predicted molar refractivity (Wildman–Crippen MR) is 184 cm³/mol. The van der Waals surface area contributed by atoms with Crippen LogP contribution in [0.3, 0.4) is 0 Å². The number of hydrogen-bond donors (Lipinski definition) is 1. The van der Waals surface area contributed by atoms with E-state index in [4.69, 9.17) is 9.31 Å². The summed E-state index contributed by atoms with van der Waals surface area (Å²) in [5, 5.41) is 2.40. The average molecular weight is 573 g/mol. The second kappa shape index (κ2) is 10.0. The van der Waals surface area contributed by atoms with Crippen LogP contribution in [0.25, 0.3) is 21.8 Å². The Morgan fingerprint density at radius 2 is 1.05 bits per heavy atom.